The molecule has 0 heterocycles. The third-order valence-electron chi connectivity index (χ3n) is 4.68. The van der Waals surface area contributed by atoms with E-state index in [2.05, 4.69) is 31.0 Å². The highest BCUT2D eigenvalue weighted by Crippen LogP contribution is 2.26. The van der Waals surface area contributed by atoms with Crippen LogP contribution in [-0.2, 0) is 6.42 Å². The maximum atomic E-state index is 5.85. The summed E-state index contributed by atoms with van der Waals surface area (Å²) in [5.74, 6) is 1.87. The molecule has 1 aromatic carbocycles. The van der Waals surface area contributed by atoms with Gasteiger partial charge in [-0.2, -0.15) is 0 Å². The van der Waals surface area contributed by atoms with Gasteiger partial charge in [0.25, 0.3) is 0 Å². The van der Waals surface area contributed by atoms with E-state index in [4.69, 9.17) is 10.5 Å². The highest BCUT2D eigenvalue weighted by atomic mass is 16.5. The highest BCUT2D eigenvalue weighted by Gasteiger charge is 2.21. The van der Waals surface area contributed by atoms with Crippen LogP contribution in [0.15, 0.2) is 24.3 Å². The Kier molecular flexibility index (Phi) is 6.52. The minimum Gasteiger partial charge on any atom is -0.492 e. The van der Waals surface area contributed by atoms with Gasteiger partial charge in [0.2, 0.25) is 0 Å². The molecule has 0 atom stereocenters. The van der Waals surface area contributed by atoms with Crippen LogP contribution in [0.4, 0.5) is 0 Å². The molecule has 0 aromatic heterocycles. The first-order valence-corrected chi connectivity index (χ1v) is 8.31. The summed E-state index contributed by atoms with van der Waals surface area (Å²) in [6.45, 7) is 4.83. The van der Waals surface area contributed by atoms with Gasteiger partial charge in [-0.05, 0) is 69.3 Å². The third-order valence-corrected chi connectivity index (χ3v) is 4.68. The van der Waals surface area contributed by atoms with Crippen molar-refractivity contribution in [1.82, 2.24) is 4.90 Å². The van der Waals surface area contributed by atoms with Crippen molar-refractivity contribution in [3.63, 3.8) is 0 Å². The smallest absolute Gasteiger partial charge is 0.119 e. The molecule has 2 rings (SSSR count). The molecule has 0 unspecified atom stereocenters. The van der Waals surface area contributed by atoms with E-state index < -0.39 is 0 Å². The summed E-state index contributed by atoms with van der Waals surface area (Å²) in [6.07, 6.45) is 6.36. The van der Waals surface area contributed by atoms with Crippen molar-refractivity contribution in [2.45, 2.75) is 45.1 Å². The lowest BCUT2D eigenvalue weighted by Gasteiger charge is -2.33. The van der Waals surface area contributed by atoms with E-state index in [9.17, 15) is 0 Å². The van der Waals surface area contributed by atoms with E-state index >= 15 is 0 Å². The van der Waals surface area contributed by atoms with Crippen molar-refractivity contribution in [3.8, 4) is 5.75 Å². The van der Waals surface area contributed by atoms with Crippen molar-refractivity contribution in [1.29, 1.82) is 0 Å². The first kappa shape index (κ1) is 16.3. The van der Waals surface area contributed by atoms with E-state index in [0.717, 1.165) is 37.3 Å². The van der Waals surface area contributed by atoms with E-state index in [-0.39, 0.29) is 0 Å². The Balaban J connectivity index is 1.68. The summed E-state index contributed by atoms with van der Waals surface area (Å²) in [5.41, 5.74) is 6.83. The van der Waals surface area contributed by atoms with E-state index in [1.165, 1.54) is 31.2 Å². The van der Waals surface area contributed by atoms with Gasteiger partial charge in [0.05, 0.1) is 0 Å². The average molecular weight is 290 g/mol. The van der Waals surface area contributed by atoms with Crippen LogP contribution >= 0.6 is 0 Å². The second-order valence-electron chi connectivity index (χ2n) is 6.43. The number of ether oxygens (including phenoxy) is 1. The Morgan fingerprint density at radius 1 is 1.14 bits per heavy atom. The van der Waals surface area contributed by atoms with Gasteiger partial charge in [0.15, 0.2) is 0 Å². The van der Waals surface area contributed by atoms with Crippen LogP contribution in [0, 0.1) is 5.92 Å². The van der Waals surface area contributed by atoms with Gasteiger partial charge >= 0.3 is 0 Å². The van der Waals surface area contributed by atoms with E-state index in [0.29, 0.717) is 6.54 Å². The van der Waals surface area contributed by atoms with Gasteiger partial charge in [-0.15, -0.1) is 0 Å². The van der Waals surface area contributed by atoms with E-state index in [1.807, 2.05) is 12.1 Å². The Bertz CT molecular complexity index is 396. The molecule has 0 spiro atoms. The van der Waals surface area contributed by atoms with Crippen LogP contribution in [0.5, 0.6) is 5.75 Å². The van der Waals surface area contributed by atoms with Gasteiger partial charge in [0.1, 0.15) is 12.4 Å². The Morgan fingerprint density at radius 3 is 2.43 bits per heavy atom. The fraction of sp³-hybridized carbons (Fsp3) is 0.667. The normalized spacial score (nSPS) is 22.5. The predicted octanol–water partition coefficient (Wildman–Crippen LogP) is 3.08. The zero-order valence-corrected chi connectivity index (χ0v) is 13.6. The molecule has 0 bridgehead atoms. The Hall–Kier alpha value is -1.06. The molecule has 0 saturated heterocycles. The van der Waals surface area contributed by atoms with E-state index in [1.54, 1.807) is 0 Å². The minimum atomic E-state index is 0.699. The molecular formula is C18H30N2O. The highest BCUT2D eigenvalue weighted by molar-refractivity contribution is 5.27. The van der Waals surface area contributed by atoms with Crippen molar-refractivity contribution in [3.05, 3.63) is 29.8 Å². The number of nitrogens with two attached hydrogens (primary N) is 1. The van der Waals surface area contributed by atoms with Crippen LogP contribution in [-0.4, -0.2) is 37.7 Å². The summed E-state index contributed by atoms with van der Waals surface area (Å²) < 4.78 is 5.85. The van der Waals surface area contributed by atoms with Gasteiger partial charge in [-0.25, -0.2) is 0 Å². The molecule has 3 heteroatoms. The molecule has 118 valence electrons. The van der Waals surface area contributed by atoms with Crippen LogP contribution in [0.25, 0.3) is 0 Å². The first-order chi connectivity index (χ1) is 10.2. The molecule has 1 fully saturated rings. The Labute approximate surface area is 129 Å². The largest absolute Gasteiger partial charge is 0.492 e. The fourth-order valence-corrected chi connectivity index (χ4v) is 3.09. The minimum absolute atomic E-state index is 0.699. The molecule has 0 radical (unpaired) electrons. The summed E-state index contributed by atoms with van der Waals surface area (Å²) in [7, 11) is 2.23. The average Bonchev–Trinajstić information content (AvgIpc) is 2.50. The number of hydrogen-bond donors (Lipinski definition) is 1. The summed E-state index contributed by atoms with van der Waals surface area (Å²) >= 11 is 0. The standard InChI is InChI=1S/C18H30N2O/c1-15-3-7-17(8-4-15)20(2)13-14-21-18-9-5-16(6-10-18)11-12-19/h5-6,9-10,15,17H,3-4,7-8,11-14,19H2,1-2H3. The van der Waals surface area contributed by atoms with Gasteiger partial charge in [-0.1, -0.05) is 19.1 Å². The number of rotatable bonds is 7. The Morgan fingerprint density at radius 2 is 1.81 bits per heavy atom. The van der Waals surface area contributed by atoms with Crippen LogP contribution in [0.2, 0.25) is 0 Å². The molecule has 21 heavy (non-hydrogen) atoms. The monoisotopic (exact) mass is 290 g/mol. The number of benzene rings is 1. The van der Waals surface area contributed by atoms with Crippen molar-refractivity contribution < 1.29 is 4.74 Å². The zero-order valence-electron chi connectivity index (χ0n) is 13.6. The number of nitrogens with zero attached hydrogens (tertiary/aromatic N) is 1. The van der Waals surface area contributed by atoms with Crippen LogP contribution in [0.3, 0.4) is 0 Å². The summed E-state index contributed by atoms with van der Waals surface area (Å²) in [5, 5.41) is 0. The van der Waals surface area contributed by atoms with Crippen molar-refractivity contribution in [2.24, 2.45) is 11.7 Å². The fourth-order valence-electron chi connectivity index (χ4n) is 3.09. The summed E-state index contributed by atoms with van der Waals surface area (Å²) in [6, 6.07) is 9.06. The maximum absolute atomic E-state index is 5.85. The lowest BCUT2D eigenvalue weighted by molar-refractivity contribution is 0.145. The maximum Gasteiger partial charge on any atom is 0.119 e. The lowest BCUT2D eigenvalue weighted by Crippen LogP contribution is -2.37. The number of hydrogen-bond acceptors (Lipinski definition) is 3. The predicted molar refractivity (Wildman–Crippen MR) is 88.7 cm³/mol. The molecule has 1 saturated carbocycles. The molecular weight excluding hydrogens is 260 g/mol. The zero-order chi connectivity index (χ0) is 15.1. The molecule has 0 amide bonds. The second-order valence-corrected chi connectivity index (χ2v) is 6.43. The molecule has 1 aliphatic carbocycles. The van der Waals surface area contributed by atoms with Crippen LogP contribution in [0.1, 0.15) is 38.2 Å². The first-order valence-electron chi connectivity index (χ1n) is 8.31. The lowest BCUT2D eigenvalue weighted by atomic mass is 9.87. The topological polar surface area (TPSA) is 38.5 Å². The van der Waals surface area contributed by atoms with Gasteiger partial charge < -0.3 is 15.4 Å². The van der Waals surface area contributed by atoms with Crippen LogP contribution < -0.4 is 10.5 Å². The third kappa shape index (κ3) is 5.33. The molecule has 3 nitrogen and oxygen atoms in total. The van der Waals surface area contributed by atoms with Gasteiger partial charge in [0, 0.05) is 12.6 Å². The molecule has 0 aliphatic heterocycles. The quantitative estimate of drug-likeness (QED) is 0.838. The summed E-state index contributed by atoms with van der Waals surface area (Å²) in [4.78, 5) is 2.47. The van der Waals surface area contributed by atoms with Crippen molar-refractivity contribution in [2.75, 3.05) is 26.7 Å². The number of likely N-dealkylation sites (N-methyl/N-ethyl adjacent to an activating group) is 1. The second kappa shape index (κ2) is 8.40. The van der Waals surface area contributed by atoms with Crippen molar-refractivity contribution >= 4 is 0 Å². The molecule has 2 N–H and O–H groups in total. The molecule has 1 aliphatic rings. The SMILES string of the molecule is CC1CCC(N(C)CCOc2ccc(CCN)cc2)CC1. The molecule has 1 aromatic rings. The van der Waals surface area contributed by atoms with Gasteiger partial charge in [-0.3, -0.25) is 0 Å².